The third-order valence-corrected chi connectivity index (χ3v) is 2.15. The van der Waals surface area contributed by atoms with Crippen molar-refractivity contribution in [1.82, 2.24) is 4.90 Å². The Hall–Kier alpha value is -0.240. The smallest absolute Gasteiger partial charge is 0.224 e. The van der Waals surface area contributed by atoms with Gasteiger partial charge >= 0.3 is 0 Å². The number of halogens is 1. The molecule has 64 valence electrons. The van der Waals surface area contributed by atoms with Gasteiger partial charge in [-0.05, 0) is 19.8 Å². The molecule has 0 saturated heterocycles. The predicted octanol–water partition coefficient (Wildman–Crippen LogP) is 1.63. The van der Waals surface area contributed by atoms with Gasteiger partial charge in [0, 0.05) is 24.9 Å². The lowest BCUT2D eigenvalue weighted by atomic mass is 10.3. The first-order valence-electron chi connectivity index (χ1n) is 4.15. The molecule has 1 amide bonds. The topological polar surface area (TPSA) is 20.3 Å². The van der Waals surface area contributed by atoms with E-state index in [1.165, 1.54) is 12.8 Å². The molecule has 3 heteroatoms. The van der Waals surface area contributed by atoms with Crippen molar-refractivity contribution >= 4 is 17.5 Å². The van der Waals surface area contributed by atoms with Crippen molar-refractivity contribution in [2.45, 2.75) is 32.2 Å². The maximum Gasteiger partial charge on any atom is 0.224 e. The number of carbonyl (C=O) groups is 1. The molecule has 1 fully saturated rings. The molecule has 1 aliphatic rings. The Balaban J connectivity index is 2.33. The lowest BCUT2D eigenvalue weighted by molar-refractivity contribution is -0.131. The van der Waals surface area contributed by atoms with Crippen LogP contribution in [0.2, 0.25) is 0 Å². The Bertz CT molecular complexity index is 145. The van der Waals surface area contributed by atoms with Crippen LogP contribution < -0.4 is 0 Å². The van der Waals surface area contributed by atoms with Gasteiger partial charge in [0.15, 0.2) is 0 Å². The quantitative estimate of drug-likeness (QED) is 0.595. The second-order valence-corrected chi connectivity index (χ2v) is 3.23. The van der Waals surface area contributed by atoms with Gasteiger partial charge in [-0.2, -0.15) is 0 Å². The highest BCUT2D eigenvalue weighted by atomic mass is 35.5. The van der Waals surface area contributed by atoms with Crippen LogP contribution in [0.5, 0.6) is 0 Å². The Morgan fingerprint density at radius 2 is 2.27 bits per heavy atom. The van der Waals surface area contributed by atoms with Crippen molar-refractivity contribution in [3.8, 4) is 0 Å². The molecule has 1 saturated carbocycles. The van der Waals surface area contributed by atoms with Crippen LogP contribution in [-0.2, 0) is 4.79 Å². The molecule has 1 aliphatic carbocycles. The fourth-order valence-electron chi connectivity index (χ4n) is 1.25. The van der Waals surface area contributed by atoms with Crippen LogP contribution in [0.3, 0.4) is 0 Å². The zero-order valence-electron chi connectivity index (χ0n) is 6.85. The molecule has 1 rings (SSSR count). The minimum atomic E-state index is 0.213. The first-order chi connectivity index (χ1) is 5.29. The van der Waals surface area contributed by atoms with Gasteiger partial charge < -0.3 is 4.90 Å². The van der Waals surface area contributed by atoms with Gasteiger partial charge in [-0.1, -0.05) is 0 Å². The number of carbonyl (C=O) groups excluding carboxylic acids is 1. The van der Waals surface area contributed by atoms with E-state index in [2.05, 4.69) is 0 Å². The van der Waals surface area contributed by atoms with Crippen LogP contribution in [0.4, 0.5) is 0 Å². The van der Waals surface area contributed by atoms with E-state index in [4.69, 9.17) is 11.6 Å². The van der Waals surface area contributed by atoms with Crippen LogP contribution in [-0.4, -0.2) is 29.3 Å². The molecule has 0 unspecified atom stereocenters. The maximum atomic E-state index is 11.3. The zero-order chi connectivity index (χ0) is 8.27. The van der Waals surface area contributed by atoms with Gasteiger partial charge in [0.1, 0.15) is 0 Å². The third-order valence-electron chi connectivity index (χ3n) is 1.96. The highest BCUT2D eigenvalue weighted by molar-refractivity contribution is 6.18. The maximum absolute atomic E-state index is 11.3. The van der Waals surface area contributed by atoms with Gasteiger partial charge in [0.25, 0.3) is 0 Å². The van der Waals surface area contributed by atoms with Crippen LogP contribution in [0.1, 0.15) is 26.2 Å². The molecular weight excluding hydrogens is 162 g/mol. The molecule has 0 aromatic carbocycles. The molecule has 0 bridgehead atoms. The van der Waals surface area contributed by atoms with Crippen molar-refractivity contribution in [1.29, 1.82) is 0 Å². The number of amides is 1. The minimum absolute atomic E-state index is 0.213. The fourth-order valence-corrected chi connectivity index (χ4v) is 1.41. The van der Waals surface area contributed by atoms with E-state index < -0.39 is 0 Å². The summed E-state index contributed by atoms with van der Waals surface area (Å²) in [5, 5.41) is 0. The van der Waals surface area contributed by atoms with E-state index in [1.54, 1.807) is 0 Å². The normalized spacial score (nSPS) is 16.5. The molecule has 0 aliphatic heterocycles. The zero-order valence-corrected chi connectivity index (χ0v) is 7.60. The van der Waals surface area contributed by atoms with Gasteiger partial charge in [-0.15, -0.1) is 11.6 Å². The van der Waals surface area contributed by atoms with Gasteiger partial charge in [-0.3, -0.25) is 4.79 Å². The summed E-state index contributed by atoms with van der Waals surface area (Å²) in [6.07, 6.45) is 2.86. The van der Waals surface area contributed by atoms with E-state index in [0.29, 0.717) is 18.3 Å². The first-order valence-corrected chi connectivity index (χ1v) is 4.68. The number of hydrogen-bond acceptors (Lipinski definition) is 1. The van der Waals surface area contributed by atoms with E-state index in [0.717, 1.165) is 6.54 Å². The predicted molar refractivity (Wildman–Crippen MR) is 45.7 cm³/mol. The molecule has 2 nitrogen and oxygen atoms in total. The molecule has 0 atom stereocenters. The van der Waals surface area contributed by atoms with E-state index in [-0.39, 0.29) is 5.91 Å². The lowest BCUT2D eigenvalue weighted by Gasteiger charge is -2.19. The summed E-state index contributed by atoms with van der Waals surface area (Å²) in [4.78, 5) is 13.2. The second-order valence-electron chi connectivity index (χ2n) is 2.85. The van der Waals surface area contributed by atoms with Crippen molar-refractivity contribution in [3.05, 3.63) is 0 Å². The van der Waals surface area contributed by atoms with Gasteiger partial charge in [-0.25, -0.2) is 0 Å². The average molecular weight is 176 g/mol. The minimum Gasteiger partial charge on any atom is -0.340 e. The lowest BCUT2D eigenvalue weighted by Crippen LogP contribution is -2.32. The number of hydrogen-bond donors (Lipinski definition) is 0. The first kappa shape index (κ1) is 8.85. The Labute approximate surface area is 72.5 Å². The van der Waals surface area contributed by atoms with Gasteiger partial charge in [0.05, 0.1) is 0 Å². The van der Waals surface area contributed by atoms with Crippen molar-refractivity contribution in [2.75, 3.05) is 12.4 Å². The second kappa shape index (κ2) is 3.96. The molecular formula is C8H14ClNO. The summed E-state index contributed by atoms with van der Waals surface area (Å²) in [5.74, 6) is 0.659. The molecule has 0 N–H and O–H groups in total. The van der Waals surface area contributed by atoms with Crippen molar-refractivity contribution in [3.63, 3.8) is 0 Å². The largest absolute Gasteiger partial charge is 0.340 e. The molecule has 0 heterocycles. The molecule has 0 spiro atoms. The average Bonchev–Trinajstić information content (AvgIpc) is 2.73. The molecule has 0 aromatic heterocycles. The highest BCUT2D eigenvalue weighted by Crippen LogP contribution is 2.26. The van der Waals surface area contributed by atoms with Crippen LogP contribution in [0.15, 0.2) is 0 Å². The summed E-state index contributed by atoms with van der Waals surface area (Å²) < 4.78 is 0. The SMILES string of the molecule is CCN(C(=O)CCCl)C1CC1. The fraction of sp³-hybridized carbons (Fsp3) is 0.875. The summed E-state index contributed by atoms with van der Waals surface area (Å²) in [6, 6.07) is 0.538. The number of nitrogens with zero attached hydrogens (tertiary/aromatic N) is 1. The summed E-state index contributed by atoms with van der Waals surface area (Å²) >= 11 is 5.48. The van der Waals surface area contributed by atoms with Gasteiger partial charge in [0.2, 0.25) is 5.91 Å². The van der Waals surface area contributed by atoms with Crippen molar-refractivity contribution < 1.29 is 4.79 Å². The summed E-state index contributed by atoms with van der Waals surface area (Å²) in [6.45, 7) is 2.85. The Morgan fingerprint density at radius 3 is 2.64 bits per heavy atom. The highest BCUT2D eigenvalue weighted by Gasteiger charge is 2.30. The monoisotopic (exact) mass is 175 g/mol. The summed E-state index contributed by atoms with van der Waals surface area (Å²) in [5.41, 5.74) is 0. The van der Waals surface area contributed by atoms with Crippen LogP contribution in [0, 0.1) is 0 Å². The molecule has 0 aromatic rings. The Kier molecular flexibility index (Phi) is 3.18. The van der Waals surface area contributed by atoms with Crippen LogP contribution in [0.25, 0.3) is 0 Å². The number of alkyl halides is 1. The van der Waals surface area contributed by atoms with Crippen molar-refractivity contribution in [2.24, 2.45) is 0 Å². The van der Waals surface area contributed by atoms with Crippen LogP contribution >= 0.6 is 11.6 Å². The van der Waals surface area contributed by atoms with E-state index >= 15 is 0 Å². The third kappa shape index (κ3) is 2.37. The standard InChI is InChI=1S/C8H14ClNO/c1-2-10(7-3-4-7)8(11)5-6-9/h7H,2-6H2,1H3. The van der Waals surface area contributed by atoms with E-state index in [1.807, 2.05) is 11.8 Å². The molecule has 0 radical (unpaired) electrons. The number of rotatable bonds is 4. The molecule has 11 heavy (non-hydrogen) atoms. The Morgan fingerprint density at radius 1 is 1.64 bits per heavy atom. The summed E-state index contributed by atoms with van der Waals surface area (Å²) in [7, 11) is 0. The van der Waals surface area contributed by atoms with E-state index in [9.17, 15) is 4.79 Å².